The fraction of sp³-hybridized carbons (Fsp3) is 0.150. The average Bonchev–Trinajstić information content (AvgIpc) is 2.67. The zero-order chi connectivity index (χ0) is 20.4. The number of methoxy groups -OCH3 is 2. The van der Waals surface area contributed by atoms with Gasteiger partial charge in [-0.15, -0.1) is 0 Å². The second-order valence-corrected chi connectivity index (χ2v) is 6.85. The molecule has 1 saturated heterocycles. The van der Waals surface area contributed by atoms with E-state index in [1.165, 1.54) is 20.3 Å². The Balaban J connectivity index is 2.07. The second-order valence-electron chi connectivity index (χ2n) is 6.00. The first-order valence-electron chi connectivity index (χ1n) is 8.25. The Kier molecular flexibility index (Phi) is 5.51. The van der Waals surface area contributed by atoms with Gasteiger partial charge in [0.05, 0.1) is 19.9 Å². The number of nitrogens with zero attached hydrogens (tertiary/aromatic N) is 1. The third-order valence-corrected chi connectivity index (χ3v) is 5.13. The molecule has 0 unspecified atom stereocenters. The van der Waals surface area contributed by atoms with Crippen molar-refractivity contribution in [2.24, 2.45) is 0 Å². The van der Waals surface area contributed by atoms with Crippen molar-refractivity contribution in [2.75, 3.05) is 19.1 Å². The Hall–Kier alpha value is -3.13. The number of benzene rings is 2. The zero-order valence-electron chi connectivity index (χ0n) is 15.4. The molecule has 7 nitrogen and oxygen atoms in total. The molecule has 1 heterocycles. The van der Waals surface area contributed by atoms with Gasteiger partial charge < -0.3 is 9.47 Å². The van der Waals surface area contributed by atoms with E-state index in [-0.39, 0.29) is 5.57 Å². The summed E-state index contributed by atoms with van der Waals surface area (Å²) in [5, 5.41) is 2.20. The number of ether oxygens (including phenoxy) is 2. The maximum atomic E-state index is 13.0. The van der Waals surface area contributed by atoms with Gasteiger partial charge in [-0.05, 0) is 55.0 Å². The van der Waals surface area contributed by atoms with Gasteiger partial charge in [-0.3, -0.25) is 14.9 Å². The lowest BCUT2D eigenvalue weighted by Crippen LogP contribution is -2.54. The fourth-order valence-electron chi connectivity index (χ4n) is 2.77. The van der Waals surface area contributed by atoms with E-state index in [4.69, 9.17) is 9.47 Å². The summed E-state index contributed by atoms with van der Waals surface area (Å²) in [4.78, 5) is 38.6. The molecule has 28 heavy (non-hydrogen) atoms. The summed E-state index contributed by atoms with van der Waals surface area (Å²) in [6.45, 7) is 1.84. The lowest BCUT2D eigenvalue weighted by molar-refractivity contribution is -0.122. The molecule has 8 heteroatoms. The standard InChI is InChI=1S/C20H17BrN2O5/c1-11-8-13(4-6-16(11)21)23-19(25)15(18(24)22-20(23)26)10-12-9-14(27-2)5-7-17(12)28-3/h4-10H,1-3H3,(H,22,24,26)/b15-10-. The zero-order valence-corrected chi connectivity index (χ0v) is 17.0. The summed E-state index contributed by atoms with van der Waals surface area (Å²) in [6, 6.07) is 9.23. The van der Waals surface area contributed by atoms with Crippen LogP contribution in [0.4, 0.5) is 10.5 Å². The highest BCUT2D eigenvalue weighted by molar-refractivity contribution is 9.10. The molecule has 1 fully saturated rings. The maximum absolute atomic E-state index is 13.0. The van der Waals surface area contributed by atoms with Crippen LogP contribution in [-0.2, 0) is 9.59 Å². The largest absolute Gasteiger partial charge is 0.497 e. The summed E-state index contributed by atoms with van der Waals surface area (Å²) >= 11 is 3.38. The summed E-state index contributed by atoms with van der Waals surface area (Å²) in [6.07, 6.45) is 1.38. The molecule has 0 radical (unpaired) electrons. The minimum atomic E-state index is -0.800. The number of hydrogen-bond donors (Lipinski definition) is 1. The third kappa shape index (κ3) is 3.63. The van der Waals surface area contributed by atoms with E-state index < -0.39 is 17.8 Å². The minimum absolute atomic E-state index is 0.188. The Bertz CT molecular complexity index is 1020. The van der Waals surface area contributed by atoms with Gasteiger partial charge in [0.15, 0.2) is 0 Å². The molecule has 1 aliphatic rings. The molecule has 0 aliphatic carbocycles. The van der Waals surface area contributed by atoms with Crippen LogP contribution < -0.4 is 19.7 Å². The van der Waals surface area contributed by atoms with Crippen LogP contribution in [0.15, 0.2) is 46.4 Å². The maximum Gasteiger partial charge on any atom is 0.335 e. The van der Waals surface area contributed by atoms with E-state index in [9.17, 15) is 14.4 Å². The first kappa shape index (κ1) is 19.6. The number of anilines is 1. The summed E-state index contributed by atoms with van der Waals surface area (Å²) in [5.74, 6) is -0.505. The smallest absolute Gasteiger partial charge is 0.335 e. The van der Waals surface area contributed by atoms with Crippen molar-refractivity contribution in [3.8, 4) is 11.5 Å². The molecule has 0 aromatic heterocycles. The topological polar surface area (TPSA) is 84.9 Å². The number of barbiturate groups is 1. The third-order valence-electron chi connectivity index (χ3n) is 4.24. The van der Waals surface area contributed by atoms with Crippen LogP contribution in [0.1, 0.15) is 11.1 Å². The van der Waals surface area contributed by atoms with Crippen LogP contribution in [0.5, 0.6) is 11.5 Å². The number of urea groups is 1. The van der Waals surface area contributed by atoms with Crippen molar-refractivity contribution in [1.29, 1.82) is 0 Å². The van der Waals surface area contributed by atoms with E-state index in [0.29, 0.717) is 22.7 Å². The predicted molar refractivity (Wildman–Crippen MR) is 107 cm³/mol. The molecule has 2 aromatic carbocycles. The van der Waals surface area contributed by atoms with Crippen LogP contribution in [0.2, 0.25) is 0 Å². The highest BCUT2D eigenvalue weighted by Gasteiger charge is 2.37. The molecule has 2 aromatic rings. The first-order valence-corrected chi connectivity index (χ1v) is 9.04. The van der Waals surface area contributed by atoms with Crippen molar-refractivity contribution in [1.82, 2.24) is 5.32 Å². The molecule has 0 saturated carbocycles. The first-order chi connectivity index (χ1) is 13.3. The number of nitrogens with one attached hydrogen (secondary N) is 1. The van der Waals surface area contributed by atoms with Gasteiger partial charge in [-0.1, -0.05) is 15.9 Å². The molecule has 1 aliphatic heterocycles. The van der Waals surface area contributed by atoms with Gasteiger partial charge in [-0.25, -0.2) is 9.69 Å². The van der Waals surface area contributed by atoms with Gasteiger partial charge >= 0.3 is 6.03 Å². The number of carbonyl (C=O) groups is 3. The predicted octanol–water partition coefficient (Wildman–Crippen LogP) is 3.44. The lowest BCUT2D eigenvalue weighted by atomic mass is 10.1. The average molecular weight is 445 g/mol. The molecule has 1 N–H and O–H groups in total. The number of imide groups is 2. The second kappa shape index (κ2) is 7.85. The van der Waals surface area contributed by atoms with E-state index in [0.717, 1.165) is 14.9 Å². The minimum Gasteiger partial charge on any atom is -0.497 e. The molecule has 0 bridgehead atoms. The van der Waals surface area contributed by atoms with Gasteiger partial charge in [0.2, 0.25) is 0 Å². The molecular weight excluding hydrogens is 428 g/mol. The Morgan fingerprint density at radius 3 is 2.43 bits per heavy atom. The number of rotatable bonds is 4. The Morgan fingerprint density at radius 2 is 1.79 bits per heavy atom. The van der Waals surface area contributed by atoms with Gasteiger partial charge in [0, 0.05) is 10.0 Å². The van der Waals surface area contributed by atoms with Crippen LogP contribution in [0.25, 0.3) is 6.08 Å². The highest BCUT2D eigenvalue weighted by atomic mass is 79.9. The number of halogens is 1. The fourth-order valence-corrected chi connectivity index (χ4v) is 3.01. The molecule has 3 rings (SSSR count). The number of aryl methyl sites for hydroxylation is 1. The van der Waals surface area contributed by atoms with E-state index in [2.05, 4.69) is 21.2 Å². The van der Waals surface area contributed by atoms with Crippen molar-refractivity contribution in [3.05, 3.63) is 57.6 Å². The number of amides is 4. The summed E-state index contributed by atoms with van der Waals surface area (Å²) < 4.78 is 11.3. The highest BCUT2D eigenvalue weighted by Crippen LogP contribution is 2.29. The normalized spacial score (nSPS) is 15.6. The van der Waals surface area contributed by atoms with Gasteiger partial charge in [0.25, 0.3) is 11.8 Å². The molecule has 0 spiro atoms. The molecule has 4 amide bonds. The SMILES string of the molecule is COc1ccc(OC)c(/C=C2/C(=O)NC(=O)N(c3ccc(Br)c(C)c3)C2=O)c1. The van der Waals surface area contributed by atoms with Crippen molar-refractivity contribution in [3.63, 3.8) is 0 Å². The van der Waals surface area contributed by atoms with Crippen LogP contribution in [0.3, 0.4) is 0 Å². The lowest BCUT2D eigenvalue weighted by Gasteiger charge is -2.26. The Morgan fingerprint density at radius 1 is 1.04 bits per heavy atom. The van der Waals surface area contributed by atoms with Crippen LogP contribution in [-0.4, -0.2) is 32.1 Å². The molecule has 0 atom stereocenters. The summed E-state index contributed by atoms with van der Waals surface area (Å²) in [7, 11) is 2.99. The quantitative estimate of drug-likeness (QED) is 0.576. The van der Waals surface area contributed by atoms with E-state index in [1.54, 1.807) is 36.4 Å². The van der Waals surface area contributed by atoms with Gasteiger partial charge in [-0.2, -0.15) is 0 Å². The van der Waals surface area contributed by atoms with Crippen LogP contribution in [0, 0.1) is 6.92 Å². The van der Waals surface area contributed by atoms with E-state index in [1.807, 2.05) is 6.92 Å². The molecular formula is C20H17BrN2O5. The Labute approximate surface area is 170 Å². The summed E-state index contributed by atoms with van der Waals surface area (Å²) in [5.41, 5.74) is 1.49. The van der Waals surface area contributed by atoms with Gasteiger partial charge in [0.1, 0.15) is 17.1 Å². The number of hydrogen-bond acceptors (Lipinski definition) is 5. The monoisotopic (exact) mass is 444 g/mol. The van der Waals surface area contributed by atoms with E-state index >= 15 is 0 Å². The van der Waals surface area contributed by atoms with Crippen molar-refractivity contribution >= 4 is 45.5 Å². The van der Waals surface area contributed by atoms with Crippen LogP contribution >= 0.6 is 15.9 Å². The molecule has 144 valence electrons. The van der Waals surface area contributed by atoms with Crippen molar-refractivity contribution in [2.45, 2.75) is 6.92 Å². The number of carbonyl (C=O) groups excluding carboxylic acids is 3. The van der Waals surface area contributed by atoms with Crippen molar-refractivity contribution < 1.29 is 23.9 Å².